The van der Waals surface area contributed by atoms with Crippen LogP contribution in [0.25, 0.3) is 0 Å². The van der Waals surface area contributed by atoms with E-state index < -0.39 is 28.2 Å². The van der Waals surface area contributed by atoms with Crippen LogP contribution in [0.4, 0.5) is 0 Å². The number of carbonyl (C=O) groups excluding carboxylic acids is 1. The van der Waals surface area contributed by atoms with Gasteiger partial charge in [0.05, 0.1) is 18.1 Å². The number of hydrogen-bond acceptors (Lipinski definition) is 6. The van der Waals surface area contributed by atoms with Gasteiger partial charge in [0.15, 0.2) is 0 Å². The normalized spacial score (nSPS) is 22.7. The summed E-state index contributed by atoms with van der Waals surface area (Å²) >= 11 is 0. The van der Waals surface area contributed by atoms with Crippen molar-refractivity contribution in [1.29, 1.82) is 0 Å². The summed E-state index contributed by atoms with van der Waals surface area (Å²) in [4.78, 5) is 11.5. The number of benzene rings is 1. The van der Waals surface area contributed by atoms with Crippen molar-refractivity contribution >= 4 is 16.1 Å². The standard InChI is InChI=1S/C13H17NO5S/c1-9-3-5-11(6-4-9)20(16,17)19-10-7-12(14-8-10)13(15)18-2/h3-6,10,12,14H,7-8H2,1-2H3. The number of methoxy groups -OCH3 is 1. The Morgan fingerprint density at radius 2 is 1.95 bits per heavy atom. The van der Waals surface area contributed by atoms with Crippen molar-refractivity contribution in [1.82, 2.24) is 5.32 Å². The summed E-state index contributed by atoms with van der Waals surface area (Å²) in [6.07, 6.45) is -0.289. The minimum absolute atomic E-state index is 0.115. The molecule has 1 N–H and O–H groups in total. The zero-order valence-corrected chi connectivity index (χ0v) is 12.1. The average molecular weight is 299 g/mol. The SMILES string of the molecule is COC(=O)C1CC(OS(=O)(=O)c2ccc(C)cc2)CN1. The number of carbonyl (C=O) groups is 1. The van der Waals surface area contributed by atoms with Gasteiger partial charge in [-0.2, -0.15) is 8.42 Å². The molecular weight excluding hydrogens is 282 g/mol. The molecule has 6 nitrogen and oxygen atoms in total. The van der Waals surface area contributed by atoms with Gasteiger partial charge in [0, 0.05) is 13.0 Å². The first-order chi connectivity index (χ1) is 9.42. The van der Waals surface area contributed by atoms with Crippen molar-refractivity contribution in [2.45, 2.75) is 30.4 Å². The van der Waals surface area contributed by atoms with E-state index >= 15 is 0 Å². The number of rotatable bonds is 4. The van der Waals surface area contributed by atoms with Crippen molar-refractivity contribution in [2.24, 2.45) is 0 Å². The van der Waals surface area contributed by atoms with Crippen LogP contribution >= 0.6 is 0 Å². The highest BCUT2D eigenvalue weighted by Gasteiger charge is 2.34. The summed E-state index contributed by atoms with van der Waals surface area (Å²) in [7, 11) is -2.52. The van der Waals surface area contributed by atoms with Crippen molar-refractivity contribution in [3.8, 4) is 0 Å². The molecule has 2 rings (SSSR count). The second kappa shape index (κ2) is 5.90. The minimum Gasteiger partial charge on any atom is -0.468 e. The number of aryl methyl sites for hydroxylation is 1. The Morgan fingerprint density at radius 3 is 2.55 bits per heavy atom. The quantitative estimate of drug-likeness (QED) is 0.648. The van der Waals surface area contributed by atoms with Gasteiger partial charge >= 0.3 is 5.97 Å². The number of esters is 1. The fraction of sp³-hybridized carbons (Fsp3) is 0.462. The Balaban J connectivity index is 2.03. The van der Waals surface area contributed by atoms with E-state index in [4.69, 9.17) is 4.18 Å². The molecule has 1 aliphatic rings. The van der Waals surface area contributed by atoms with Crippen molar-refractivity contribution in [3.05, 3.63) is 29.8 Å². The van der Waals surface area contributed by atoms with Crippen LogP contribution in [0.15, 0.2) is 29.2 Å². The van der Waals surface area contributed by atoms with Crippen molar-refractivity contribution in [2.75, 3.05) is 13.7 Å². The zero-order valence-electron chi connectivity index (χ0n) is 11.3. The Kier molecular flexibility index (Phi) is 4.42. The molecule has 0 saturated carbocycles. The molecule has 1 aromatic rings. The fourth-order valence-electron chi connectivity index (χ4n) is 2.04. The second-order valence-corrected chi connectivity index (χ2v) is 6.28. The Morgan fingerprint density at radius 1 is 1.30 bits per heavy atom. The molecule has 7 heteroatoms. The molecule has 0 bridgehead atoms. The van der Waals surface area contributed by atoms with E-state index in [0.29, 0.717) is 6.54 Å². The lowest BCUT2D eigenvalue weighted by Gasteiger charge is -2.11. The lowest BCUT2D eigenvalue weighted by atomic mass is 10.2. The first-order valence-electron chi connectivity index (χ1n) is 6.23. The largest absolute Gasteiger partial charge is 0.468 e. The van der Waals surface area contributed by atoms with E-state index in [-0.39, 0.29) is 11.3 Å². The highest BCUT2D eigenvalue weighted by atomic mass is 32.2. The Labute approximate surface area is 118 Å². The highest BCUT2D eigenvalue weighted by molar-refractivity contribution is 7.86. The van der Waals surface area contributed by atoms with Gasteiger partial charge in [0.2, 0.25) is 0 Å². The Bertz CT molecular complexity index is 581. The predicted octanol–water partition coefficient (Wildman–Crippen LogP) is 0.604. The van der Waals surface area contributed by atoms with E-state index in [1.54, 1.807) is 12.1 Å². The molecular formula is C13H17NO5S. The van der Waals surface area contributed by atoms with Gasteiger partial charge in [-0.25, -0.2) is 0 Å². The smallest absolute Gasteiger partial charge is 0.322 e. The molecule has 110 valence electrons. The zero-order chi connectivity index (χ0) is 14.8. The van der Waals surface area contributed by atoms with Crippen molar-refractivity contribution < 1.29 is 22.1 Å². The summed E-state index contributed by atoms with van der Waals surface area (Å²) in [6.45, 7) is 2.17. The van der Waals surface area contributed by atoms with Crippen LogP contribution in [-0.2, 0) is 23.8 Å². The second-order valence-electron chi connectivity index (χ2n) is 4.71. The monoisotopic (exact) mass is 299 g/mol. The van der Waals surface area contributed by atoms with Crippen molar-refractivity contribution in [3.63, 3.8) is 0 Å². The summed E-state index contributed by atoms with van der Waals surface area (Å²) < 4.78 is 33.9. The van der Waals surface area contributed by atoms with Gasteiger partial charge in [-0.3, -0.25) is 8.98 Å². The van der Waals surface area contributed by atoms with Gasteiger partial charge in [-0.15, -0.1) is 0 Å². The number of hydrogen-bond donors (Lipinski definition) is 1. The van der Waals surface area contributed by atoms with Gasteiger partial charge in [-0.05, 0) is 19.1 Å². The molecule has 2 unspecified atom stereocenters. The molecule has 0 aromatic heterocycles. The lowest BCUT2D eigenvalue weighted by Crippen LogP contribution is -2.31. The average Bonchev–Trinajstić information content (AvgIpc) is 2.86. The molecule has 0 amide bonds. The van der Waals surface area contributed by atoms with Crippen LogP contribution in [0.5, 0.6) is 0 Å². The van der Waals surface area contributed by atoms with Crippen LogP contribution in [0, 0.1) is 6.92 Å². The Hall–Kier alpha value is -1.44. The van der Waals surface area contributed by atoms with Crippen LogP contribution in [0.3, 0.4) is 0 Å². The summed E-state index contributed by atoms with van der Waals surface area (Å²) in [5, 5.41) is 2.88. The van der Waals surface area contributed by atoms with Gasteiger partial charge < -0.3 is 10.1 Å². The maximum absolute atomic E-state index is 12.1. The summed E-state index contributed by atoms with van der Waals surface area (Å²) in [6, 6.07) is 5.91. The third kappa shape index (κ3) is 3.36. The van der Waals surface area contributed by atoms with E-state index in [2.05, 4.69) is 10.1 Å². The fourth-order valence-corrected chi connectivity index (χ4v) is 3.12. The third-order valence-corrected chi connectivity index (χ3v) is 4.52. The van der Waals surface area contributed by atoms with Gasteiger partial charge in [0.25, 0.3) is 10.1 Å². The lowest BCUT2D eigenvalue weighted by molar-refractivity contribution is -0.142. The molecule has 1 heterocycles. The summed E-state index contributed by atoms with van der Waals surface area (Å²) in [5.41, 5.74) is 0.970. The van der Waals surface area contributed by atoms with Crippen LogP contribution in [0.2, 0.25) is 0 Å². The van der Waals surface area contributed by atoms with E-state index in [9.17, 15) is 13.2 Å². The molecule has 0 aliphatic carbocycles. The molecule has 0 spiro atoms. The molecule has 1 fully saturated rings. The molecule has 2 atom stereocenters. The maximum Gasteiger partial charge on any atom is 0.322 e. The first-order valence-corrected chi connectivity index (χ1v) is 7.64. The minimum atomic E-state index is -3.81. The number of nitrogens with one attached hydrogen (secondary N) is 1. The van der Waals surface area contributed by atoms with Gasteiger partial charge in [0.1, 0.15) is 6.04 Å². The van der Waals surface area contributed by atoms with Gasteiger partial charge in [-0.1, -0.05) is 17.7 Å². The van der Waals surface area contributed by atoms with E-state index in [0.717, 1.165) is 5.56 Å². The van der Waals surface area contributed by atoms with Crippen LogP contribution in [-0.4, -0.2) is 40.2 Å². The van der Waals surface area contributed by atoms with Crippen LogP contribution in [0.1, 0.15) is 12.0 Å². The van der Waals surface area contributed by atoms with E-state index in [1.807, 2.05) is 6.92 Å². The third-order valence-electron chi connectivity index (χ3n) is 3.15. The molecule has 1 aliphatic heterocycles. The molecule has 20 heavy (non-hydrogen) atoms. The maximum atomic E-state index is 12.1. The van der Waals surface area contributed by atoms with Crippen LogP contribution < -0.4 is 5.32 Å². The molecule has 1 saturated heterocycles. The predicted molar refractivity (Wildman–Crippen MR) is 71.7 cm³/mol. The highest BCUT2D eigenvalue weighted by Crippen LogP contribution is 2.19. The van der Waals surface area contributed by atoms with E-state index in [1.165, 1.54) is 19.2 Å². The topological polar surface area (TPSA) is 81.7 Å². The molecule has 1 aromatic carbocycles. The number of ether oxygens (including phenoxy) is 1. The summed E-state index contributed by atoms with van der Waals surface area (Å²) in [5.74, 6) is -0.413. The first kappa shape index (κ1) is 15.0. The molecule has 0 radical (unpaired) electrons.